The zero-order valence-electron chi connectivity index (χ0n) is 11.6. The summed E-state index contributed by atoms with van der Waals surface area (Å²) in [5.74, 6) is 0. The molecule has 1 aliphatic carbocycles. The Morgan fingerprint density at radius 3 is 3.00 bits per heavy atom. The third kappa shape index (κ3) is 2.59. The number of fused-ring (bicyclic) bond motifs is 1. The maximum atomic E-state index is 10.7. The molecule has 1 unspecified atom stereocenters. The highest BCUT2D eigenvalue weighted by Gasteiger charge is 2.23. The predicted octanol–water partition coefficient (Wildman–Crippen LogP) is 4.08. The van der Waals surface area contributed by atoms with Crippen LogP contribution in [0.1, 0.15) is 53.3 Å². The predicted molar refractivity (Wildman–Crippen MR) is 85.2 cm³/mol. The first kappa shape index (κ1) is 14.3. The molecule has 2 aromatic rings. The Hall–Kier alpha value is -0.650. The second-order valence-electron chi connectivity index (χ2n) is 5.31. The van der Waals surface area contributed by atoms with Gasteiger partial charge >= 0.3 is 0 Å². The Kier molecular flexibility index (Phi) is 4.29. The van der Waals surface area contributed by atoms with Gasteiger partial charge in [-0.1, -0.05) is 6.92 Å². The van der Waals surface area contributed by atoms with Crippen molar-refractivity contribution in [2.45, 2.75) is 51.7 Å². The first-order valence-electron chi connectivity index (χ1n) is 7.21. The summed E-state index contributed by atoms with van der Waals surface area (Å²) in [4.78, 5) is 2.51. The summed E-state index contributed by atoms with van der Waals surface area (Å²) in [5, 5.41) is 15.1. The van der Waals surface area contributed by atoms with Gasteiger partial charge in [-0.25, -0.2) is 0 Å². The monoisotopic (exact) mass is 354 g/mol. The highest BCUT2D eigenvalue weighted by atomic mass is 79.9. The van der Waals surface area contributed by atoms with Gasteiger partial charge in [0.05, 0.1) is 16.4 Å². The molecule has 0 amide bonds. The molecule has 0 fully saturated rings. The highest BCUT2D eigenvalue weighted by molar-refractivity contribution is 9.10. The van der Waals surface area contributed by atoms with E-state index in [1.165, 1.54) is 29.7 Å². The largest absolute Gasteiger partial charge is 0.381 e. The number of aliphatic hydroxyl groups excluding tert-OH is 1. The van der Waals surface area contributed by atoms with Gasteiger partial charge in [-0.05, 0) is 59.7 Å². The Bertz CT molecular complexity index is 582. The molecule has 0 aromatic carbocycles. The maximum Gasteiger partial charge on any atom is 0.131 e. The van der Waals surface area contributed by atoms with Crippen LogP contribution in [0, 0.1) is 0 Å². The molecule has 1 aliphatic rings. The molecule has 0 saturated carbocycles. The van der Waals surface area contributed by atoms with Crippen molar-refractivity contribution in [3.63, 3.8) is 0 Å². The lowest BCUT2D eigenvalue weighted by Crippen LogP contribution is -2.09. The molecule has 2 aromatic heterocycles. The summed E-state index contributed by atoms with van der Waals surface area (Å²) < 4.78 is 2.80. The van der Waals surface area contributed by atoms with Crippen LogP contribution in [0.3, 0.4) is 0 Å². The van der Waals surface area contributed by atoms with Gasteiger partial charge < -0.3 is 5.11 Å². The second kappa shape index (κ2) is 6.00. The quantitative estimate of drug-likeness (QED) is 0.898. The van der Waals surface area contributed by atoms with Crippen molar-refractivity contribution in [3.8, 4) is 0 Å². The first-order chi connectivity index (χ1) is 9.70. The second-order valence-corrected chi connectivity index (χ2v) is 7.33. The summed E-state index contributed by atoms with van der Waals surface area (Å²) in [6, 6.07) is 2.19. The van der Waals surface area contributed by atoms with Gasteiger partial charge in [0.15, 0.2) is 0 Å². The fourth-order valence-corrected chi connectivity index (χ4v) is 4.58. The molecule has 2 heterocycles. The van der Waals surface area contributed by atoms with Gasteiger partial charge in [-0.3, -0.25) is 4.68 Å². The SMILES string of the molecule is CCCn1ncc(Br)c1C(O)c1cc2c(s1)CCCC2. The summed E-state index contributed by atoms with van der Waals surface area (Å²) in [6.45, 7) is 2.96. The molecule has 0 saturated heterocycles. The molecule has 0 radical (unpaired) electrons. The molecule has 20 heavy (non-hydrogen) atoms. The average Bonchev–Trinajstić information content (AvgIpc) is 3.02. The van der Waals surface area contributed by atoms with Crippen LogP contribution < -0.4 is 0 Å². The van der Waals surface area contributed by atoms with E-state index in [4.69, 9.17) is 0 Å². The van der Waals surface area contributed by atoms with Crippen LogP contribution in [0.15, 0.2) is 16.7 Å². The van der Waals surface area contributed by atoms with Crippen molar-refractivity contribution < 1.29 is 5.11 Å². The molecule has 0 spiro atoms. The lowest BCUT2D eigenvalue weighted by molar-refractivity contribution is 0.210. The molecule has 0 bridgehead atoms. The topological polar surface area (TPSA) is 38.0 Å². The van der Waals surface area contributed by atoms with Crippen LogP contribution in [0.4, 0.5) is 0 Å². The summed E-state index contributed by atoms with van der Waals surface area (Å²) in [6.07, 6.45) is 7.10. The van der Waals surface area contributed by atoms with Gasteiger partial charge in [0.1, 0.15) is 6.10 Å². The first-order valence-corrected chi connectivity index (χ1v) is 8.82. The number of nitrogens with zero attached hydrogens (tertiary/aromatic N) is 2. The van der Waals surface area contributed by atoms with Crippen molar-refractivity contribution in [1.82, 2.24) is 9.78 Å². The van der Waals surface area contributed by atoms with Crippen LogP contribution in [0.25, 0.3) is 0 Å². The summed E-state index contributed by atoms with van der Waals surface area (Å²) in [5.41, 5.74) is 2.32. The van der Waals surface area contributed by atoms with E-state index >= 15 is 0 Å². The molecular weight excluding hydrogens is 336 g/mol. The number of aliphatic hydroxyl groups is 1. The van der Waals surface area contributed by atoms with E-state index in [2.05, 4.69) is 34.0 Å². The Morgan fingerprint density at radius 1 is 1.45 bits per heavy atom. The van der Waals surface area contributed by atoms with Gasteiger partial charge in [-0.2, -0.15) is 5.10 Å². The molecule has 5 heteroatoms. The van der Waals surface area contributed by atoms with Gasteiger partial charge in [0.2, 0.25) is 0 Å². The third-order valence-electron chi connectivity index (χ3n) is 3.81. The number of rotatable bonds is 4. The van der Waals surface area contributed by atoms with Crippen LogP contribution in [0.5, 0.6) is 0 Å². The van der Waals surface area contributed by atoms with Crippen LogP contribution in [-0.4, -0.2) is 14.9 Å². The standard InChI is InChI=1S/C15H19BrN2OS/c1-2-7-18-14(11(16)9-17-18)15(19)13-8-10-5-3-4-6-12(10)20-13/h8-9,15,19H,2-7H2,1H3. The Labute approximate surface area is 131 Å². The van der Waals surface area contributed by atoms with E-state index in [1.54, 1.807) is 17.5 Å². The zero-order chi connectivity index (χ0) is 14.1. The Balaban J connectivity index is 1.94. The minimum atomic E-state index is -0.575. The average molecular weight is 355 g/mol. The maximum absolute atomic E-state index is 10.7. The summed E-state index contributed by atoms with van der Waals surface area (Å²) >= 11 is 5.28. The normalized spacial score (nSPS) is 16.1. The molecule has 108 valence electrons. The number of aromatic nitrogens is 2. The fourth-order valence-electron chi connectivity index (χ4n) is 2.82. The minimum absolute atomic E-state index is 0.575. The number of hydrogen-bond acceptors (Lipinski definition) is 3. The molecule has 0 aliphatic heterocycles. The molecular formula is C15H19BrN2OS. The smallest absolute Gasteiger partial charge is 0.131 e. The number of aryl methyl sites for hydroxylation is 3. The van der Waals surface area contributed by atoms with Crippen molar-refractivity contribution in [3.05, 3.63) is 37.7 Å². The van der Waals surface area contributed by atoms with Crippen molar-refractivity contribution in [2.24, 2.45) is 0 Å². The van der Waals surface area contributed by atoms with E-state index in [-0.39, 0.29) is 0 Å². The van der Waals surface area contributed by atoms with Crippen molar-refractivity contribution in [1.29, 1.82) is 0 Å². The fraction of sp³-hybridized carbons (Fsp3) is 0.533. The van der Waals surface area contributed by atoms with E-state index in [0.29, 0.717) is 0 Å². The Morgan fingerprint density at radius 2 is 2.25 bits per heavy atom. The van der Waals surface area contributed by atoms with Crippen molar-refractivity contribution in [2.75, 3.05) is 0 Å². The van der Waals surface area contributed by atoms with E-state index in [0.717, 1.165) is 34.4 Å². The zero-order valence-corrected chi connectivity index (χ0v) is 14.0. The van der Waals surface area contributed by atoms with Gasteiger partial charge in [0.25, 0.3) is 0 Å². The summed E-state index contributed by atoms with van der Waals surface area (Å²) in [7, 11) is 0. The number of thiophene rings is 1. The number of halogens is 1. The highest BCUT2D eigenvalue weighted by Crippen LogP contribution is 2.37. The van der Waals surface area contributed by atoms with Gasteiger partial charge in [-0.15, -0.1) is 11.3 Å². The van der Waals surface area contributed by atoms with E-state index < -0.39 is 6.10 Å². The molecule has 3 nitrogen and oxygen atoms in total. The molecule has 1 atom stereocenters. The molecule has 1 N–H and O–H groups in total. The van der Waals surface area contributed by atoms with Crippen molar-refractivity contribution >= 4 is 27.3 Å². The van der Waals surface area contributed by atoms with Crippen LogP contribution in [-0.2, 0) is 19.4 Å². The lowest BCUT2D eigenvalue weighted by Gasteiger charge is -2.12. The lowest BCUT2D eigenvalue weighted by atomic mass is 9.99. The third-order valence-corrected chi connectivity index (χ3v) is 5.71. The minimum Gasteiger partial charge on any atom is -0.381 e. The van der Waals surface area contributed by atoms with Gasteiger partial charge in [0, 0.05) is 16.3 Å². The van der Waals surface area contributed by atoms with E-state index in [1.807, 2.05) is 4.68 Å². The number of hydrogen-bond donors (Lipinski definition) is 1. The van der Waals surface area contributed by atoms with E-state index in [9.17, 15) is 5.11 Å². The van der Waals surface area contributed by atoms with Crippen LogP contribution >= 0.6 is 27.3 Å². The molecule has 3 rings (SSSR count). The van der Waals surface area contributed by atoms with Crippen LogP contribution in [0.2, 0.25) is 0 Å².